The third-order valence-electron chi connectivity index (χ3n) is 6.74. The molecule has 3 heterocycles. The standard InChI is InChI=1S/C26H28N4O6S/c1-34-25(33)18-5-6-19-20(14-18)27-26(37)30(24(19)32)8-2-3-23(31)29-11-9-28(10-12-29)15-17-4-7-21-22(13-17)36-16-35-21/h4-7,13-14H,2-3,8-12,15-16H2,1H3,(H,27,37). The zero-order chi connectivity index (χ0) is 25.9. The summed E-state index contributed by atoms with van der Waals surface area (Å²) in [6.45, 7) is 4.32. The Balaban J connectivity index is 1.13. The Kier molecular flexibility index (Phi) is 7.24. The number of aromatic nitrogens is 2. The Bertz CT molecular complexity index is 1460. The highest BCUT2D eigenvalue weighted by atomic mass is 32.1. The smallest absolute Gasteiger partial charge is 0.337 e. The van der Waals surface area contributed by atoms with E-state index >= 15 is 0 Å². The van der Waals surface area contributed by atoms with Gasteiger partial charge in [0.1, 0.15) is 0 Å². The van der Waals surface area contributed by atoms with Crippen molar-refractivity contribution in [3.63, 3.8) is 0 Å². The first-order valence-electron chi connectivity index (χ1n) is 12.2. The number of nitrogens with one attached hydrogen (secondary N) is 1. The van der Waals surface area contributed by atoms with Crippen LogP contribution in [0.5, 0.6) is 11.5 Å². The molecule has 1 saturated heterocycles. The number of hydrogen-bond donors (Lipinski definition) is 1. The second-order valence-electron chi connectivity index (χ2n) is 9.09. The minimum absolute atomic E-state index is 0.0779. The molecule has 1 aromatic heterocycles. The van der Waals surface area contributed by atoms with Crippen molar-refractivity contribution in [3.8, 4) is 11.5 Å². The number of H-pyrrole nitrogens is 1. The number of carbonyl (C=O) groups is 2. The van der Waals surface area contributed by atoms with Gasteiger partial charge in [0.05, 0.1) is 23.6 Å². The van der Waals surface area contributed by atoms with E-state index in [1.54, 1.807) is 18.2 Å². The van der Waals surface area contributed by atoms with Gasteiger partial charge >= 0.3 is 5.97 Å². The second kappa shape index (κ2) is 10.7. The summed E-state index contributed by atoms with van der Waals surface area (Å²) in [5.41, 5.74) is 1.71. The van der Waals surface area contributed by atoms with Crippen molar-refractivity contribution in [3.05, 3.63) is 62.6 Å². The lowest BCUT2D eigenvalue weighted by molar-refractivity contribution is -0.133. The maximum atomic E-state index is 13.0. The molecule has 11 heteroatoms. The molecule has 2 aliphatic heterocycles. The fourth-order valence-corrected chi connectivity index (χ4v) is 4.99. The van der Waals surface area contributed by atoms with Gasteiger partial charge in [-0.05, 0) is 54.5 Å². The zero-order valence-electron chi connectivity index (χ0n) is 20.5. The highest BCUT2D eigenvalue weighted by molar-refractivity contribution is 7.71. The molecule has 1 amide bonds. The van der Waals surface area contributed by atoms with Crippen LogP contribution >= 0.6 is 12.2 Å². The van der Waals surface area contributed by atoms with Gasteiger partial charge in [-0.25, -0.2) is 4.79 Å². The molecule has 3 aromatic rings. The van der Waals surface area contributed by atoms with Crippen LogP contribution in [0, 0.1) is 4.77 Å². The number of nitrogens with zero attached hydrogens (tertiary/aromatic N) is 3. The number of rotatable bonds is 7. The van der Waals surface area contributed by atoms with Crippen molar-refractivity contribution < 1.29 is 23.8 Å². The summed E-state index contributed by atoms with van der Waals surface area (Å²) >= 11 is 5.38. The van der Waals surface area contributed by atoms with Crippen LogP contribution in [0.25, 0.3) is 10.9 Å². The minimum atomic E-state index is -0.488. The van der Waals surface area contributed by atoms with Crippen molar-refractivity contribution in [2.75, 3.05) is 40.1 Å². The summed E-state index contributed by atoms with van der Waals surface area (Å²) in [5.74, 6) is 1.15. The SMILES string of the molecule is COC(=O)c1ccc2c(=O)n(CCCC(=O)N3CCN(Cc4ccc5c(c4)OCO5)CC3)c(=S)[nH]c2c1. The zero-order valence-corrected chi connectivity index (χ0v) is 21.3. The Morgan fingerprint density at radius 2 is 1.84 bits per heavy atom. The third-order valence-corrected chi connectivity index (χ3v) is 7.07. The van der Waals surface area contributed by atoms with Gasteiger partial charge in [0.15, 0.2) is 16.3 Å². The van der Waals surface area contributed by atoms with Crippen molar-refractivity contribution in [1.29, 1.82) is 0 Å². The molecule has 37 heavy (non-hydrogen) atoms. The molecule has 0 unspecified atom stereocenters. The molecule has 0 spiro atoms. The van der Waals surface area contributed by atoms with Crippen LogP contribution < -0.4 is 15.0 Å². The molecule has 0 aliphatic carbocycles. The van der Waals surface area contributed by atoms with Gasteiger partial charge in [0, 0.05) is 45.7 Å². The molecule has 0 radical (unpaired) electrons. The topological polar surface area (TPSA) is 106 Å². The normalized spacial score (nSPS) is 15.2. The number of methoxy groups -OCH3 is 1. The van der Waals surface area contributed by atoms with E-state index in [2.05, 4.69) is 9.88 Å². The highest BCUT2D eigenvalue weighted by Gasteiger charge is 2.22. The number of amides is 1. The summed E-state index contributed by atoms with van der Waals surface area (Å²) in [5, 5.41) is 0.422. The molecular formula is C26H28N4O6S. The molecule has 0 atom stereocenters. The first-order valence-corrected chi connectivity index (χ1v) is 12.6. The Hall–Kier alpha value is -3.70. The molecule has 10 nitrogen and oxygen atoms in total. The first kappa shape index (κ1) is 25.0. The van der Waals surface area contributed by atoms with E-state index in [1.165, 1.54) is 11.7 Å². The van der Waals surface area contributed by atoms with E-state index in [0.717, 1.165) is 36.7 Å². The molecular weight excluding hydrogens is 496 g/mol. The van der Waals surface area contributed by atoms with Gasteiger partial charge in [-0.15, -0.1) is 0 Å². The number of benzene rings is 2. The molecule has 2 aliphatic rings. The summed E-state index contributed by atoms with van der Waals surface area (Å²) in [4.78, 5) is 44.8. The Morgan fingerprint density at radius 1 is 1.05 bits per heavy atom. The average molecular weight is 525 g/mol. The summed E-state index contributed by atoms with van der Waals surface area (Å²) in [6.07, 6.45) is 0.835. The summed E-state index contributed by atoms with van der Waals surface area (Å²) in [6, 6.07) is 10.7. The van der Waals surface area contributed by atoms with Crippen LogP contribution in [0.15, 0.2) is 41.2 Å². The van der Waals surface area contributed by atoms with Gasteiger partial charge < -0.3 is 24.1 Å². The quantitative estimate of drug-likeness (QED) is 0.372. The van der Waals surface area contributed by atoms with Gasteiger partial charge in [0.2, 0.25) is 12.7 Å². The maximum Gasteiger partial charge on any atom is 0.337 e. The van der Waals surface area contributed by atoms with Crippen LogP contribution in [0.2, 0.25) is 0 Å². The predicted molar refractivity (Wildman–Crippen MR) is 138 cm³/mol. The lowest BCUT2D eigenvalue weighted by Crippen LogP contribution is -2.48. The number of ether oxygens (including phenoxy) is 3. The fourth-order valence-electron chi connectivity index (χ4n) is 4.70. The van der Waals surface area contributed by atoms with E-state index in [-0.39, 0.29) is 23.0 Å². The van der Waals surface area contributed by atoms with Crippen LogP contribution in [0.3, 0.4) is 0 Å². The third kappa shape index (κ3) is 5.37. The van der Waals surface area contributed by atoms with Gasteiger partial charge in [-0.3, -0.25) is 19.1 Å². The van der Waals surface area contributed by atoms with Gasteiger partial charge in [-0.1, -0.05) is 6.07 Å². The highest BCUT2D eigenvalue weighted by Crippen LogP contribution is 2.32. The van der Waals surface area contributed by atoms with Gasteiger partial charge in [0.25, 0.3) is 5.56 Å². The lowest BCUT2D eigenvalue weighted by Gasteiger charge is -2.34. The monoisotopic (exact) mass is 524 g/mol. The number of esters is 1. The van der Waals surface area contributed by atoms with Crippen molar-refractivity contribution >= 4 is 35.0 Å². The van der Waals surface area contributed by atoms with Crippen molar-refractivity contribution in [1.82, 2.24) is 19.4 Å². The lowest BCUT2D eigenvalue weighted by atomic mass is 10.1. The Labute approximate surface area is 218 Å². The van der Waals surface area contributed by atoms with Crippen molar-refractivity contribution in [2.24, 2.45) is 0 Å². The molecule has 5 rings (SSSR count). The van der Waals surface area contributed by atoms with Crippen molar-refractivity contribution in [2.45, 2.75) is 25.9 Å². The predicted octanol–water partition coefficient (Wildman–Crippen LogP) is 2.70. The molecule has 0 saturated carbocycles. The maximum absolute atomic E-state index is 13.0. The fraction of sp³-hybridized carbons (Fsp3) is 0.385. The van der Waals surface area contributed by atoms with E-state index in [9.17, 15) is 14.4 Å². The van der Waals surface area contributed by atoms with E-state index in [4.69, 9.17) is 26.4 Å². The number of carbonyl (C=O) groups excluding carboxylic acids is 2. The largest absolute Gasteiger partial charge is 0.465 e. The first-order chi connectivity index (χ1) is 17.9. The van der Waals surface area contributed by atoms with Crippen LogP contribution in [-0.4, -0.2) is 71.3 Å². The summed E-state index contributed by atoms with van der Waals surface area (Å²) < 4.78 is 17.3. The number of aromatic amines is 1. The number of piperazine rings is 1. The molecule has 1 fully saturated rings. The van der Waals surface area contributed by atoms with E-state index in [1.807, 2.05) is 23.1 Å². The van der Waals surface area contributed by atoms with E-state index < -0.39 is 5.97 Å². The summed E-state index contributed by atoms with van der Waals surface area (Å²) in [7, 11) is 1.30. The minimum Gasteiger partial charge on any atom is -0.465 e. The van der Waals surface area contributed by atoms with Crippen LogP contribution in [0.1, 0.15) is 28.8 Å². The molecule has 1 N–H and O–H groups in total. The second-order valence-corrected chi connectivity index (χ2v) is 9.47. The molecule has 2 aromatic carbocycles. The Morgan fingerprint density at radius 3 is 2.62 bits per heavy atom. The molecule has 0 bridgehead atoms. The van der Waals surface area contributed by atoms with Crippen LogP contribution in [-0.2, 0) is 22.6 Å². The van der Waals surface area contributed by atoms with E-state index in [0.29, 0.717) is 48.9 Å². The number of fused-ring (bicyclic) bond motifs is 2. The number of hydrogen-bond acceptors (Lipinski definition) is 8. The molecule has 194 valence electrons. The average Bonchev–Trinajstić information content (AvgIpc) is 3.38. The van der Waals surface area contributed by atoms with Gasteiger partial charge in [-0.2, -0.15) is 0 Å². The van der Waals surface area contributed by atoms with Crippen LogP contribution in [0.4, 0.5) is 0 Å².